The molecule has 0 bridgehead atoms. The van der Waals surface area contributed by atoms with E-state index in [0.717, 1.165) is 5.92 Å². The van der Waals surface area contributed by atoms with Gasteiger partial charge in [-0.3, -0.25) is 0 Å². The van der Waals surface area contributed by atoms with Gasteiger partial charge in [0.1, 0.15) is 0 Å². The van der Waals surface area contributed by atoms with Crippen molar-refractivity contribution in [2.24, 2.45) is 0 Å². The van der Waals surface area contributed by atoms with Gasteiger partial charge < -0.3 is 9.16 Å². The van der Waals surface area contributed by atoms with Crippen molar-refractivity contribution in [2.45, 2.75) is 38.6 Å². The van der Waals surface area contributed by atoms with Crippen LogP contribution in [0, 0.1) is 13.0 Å². The van der Waals surface area contributed by atoms with E-state index in [2.05, 4.69) is 26.8 Å². The molecular formula is C9H20O2SSi. The van der Waals surface area contributed by atoms with Gasteiger partial charge in [-0.1, -0.05) is 13.8 Å². The summed E-state index contributed by atoms with van der Waals surface area (Å²) in [6.45, 7) is 10.4. The Hall–Kier alpha value is 0.487. The molecule has 0 amide bonds. The van der Waals surface area contributed by atoms with E-state index < -0.39 is 13.4 Å². The highest BCUT2D eigenvalue weighted by Crippen LogP contribution is 2.37. The van der Waals surface area contributed by atoms with Crippen LogP contribution in [0.15, 0.2) is 0 Å². The fourth-order valence-corrected chi connectivity index (χ4v) is 3.66. The molecule has 0 saturated carbocycles. The standard InChI is InChI=1S/C9H20O2SSi/c1-8(2)9(10-3,12-4)11-13(5,6)7/h3H2,1-2,4-7H3. The predicted octanol–water partition coefficient (Wildman–Crippen LogP) is 3.28. The fourth-order valence-electron chi connectivity index (χ4n) is 0.984. The van der Waals surface area contributed by atoms with Gasteiger partial charge in [0, 0.05) is 5.92 Å². The minimum absolute atomic E-state index is 0.648. The van der Waals surface area contributed by atoms with Crippen molar-refractivity contribution in [2.75, 3.05) is 6.26 Å². The topological polar surface area (TPSA) is 18.5 Å². The van der Waals surface area contributed by atoms with Crippen molar-refractivity contribution in [1.29, 1.82) is 0 Å². The zero-order valence-corrected chi connectivity index (χ0v) is 11.2. The highest BCUT2D eigenvalue weighted by Gasteiger charge is 2.39. The van der Waals surface area contributed by atoms with E-state index >= 15 is 0 Å². The summed E-state index contributed by atoms with van der Waals surface area (Å²) in [7, 11) is 1.89. The van der Waals surface area contributed by atoms with Gasteiger partial charge in [0.25, 0.3) is 0 Å². The maximum atomic E-state index is 5.97. The van der Waals surface area contributed by atoms with Crippen LogP contribution in [0.5, 0.6) is 0 Å². The highest BCUT2D eigenvalue weighted by molar-refractivity contribution is 7.99. The maximum absolute atomic E-state index is 5.97. The van der Waals surface area contributed by atoms with Gasteiger partial charge in [-0.2, -0.15) is 0 Å². The number of rotatable bonds is 5. The van der Waals surface area contributed by atoms with Crippen molar-refractivity contribution in [1.82, 2.24) is 0 Å². The van der Waals surface area contributed by atoms with Gasteiger partial charge in [-0.15, -0.1) is 11.8 Å². The molecular weight excluding hydrogens is 200 g/mol. The van der Waals surface area contributed by atoms with Crippen LogP contribution in [0.2, 0.25) is 19.6 Å². The summed E-state index contributed by atoms with van der Waals surface area (Å²) >= 11 is 1.54. The molecule has 0 saturated heterocycles. The van der Waals surface area contributed by atoms with Gasteiger partial charge in [0.2, 0.25) is 5.12 Å². The van der Waals surface area contributed by atoms with E-state index in [1.165, 1.54) is 0 Å². The van der Waals surface area contributed by atoms with E-state index in [-0.39, 0.29) is 0 Å². The second-order valence-corrected chi connectivity index (χ2v) is 9.49. The number of thioether (sulfide) groups is 1. The molecule has 0 aliphatic rings. The molecule has 0 fully saturated rings. The summed E-state index contributed by atoms with van der Waals surface area (Å²) in [5.74, 6) is 1.09. The first-order valence-corrected chi connectivity index (χ1v) is 8.90. The molecule has 0 spiro atoms. The van der Waals surface area contributed by atoms with E-state index in [4.69, 9.17) is 9.16 Å². The Kier molecular flexibility index (Phi) is 5.00. The van der Waals surface area contributed by atoms with Gasteiger partial charge >= 0.3 is 0 Å². The Bertz CT molecular complexity index is 150. The summed E-state index contributed by atoms with van der Waals surface area (Å²) in [6.07, 6.45) is 1.97. The van der Waals surface area contributed by atoms with Crippen LogP contribution >= 0.6 is 11.8 Å². The molecule has 0 aliphatic carbocycles. The molecule has 1 atom stereocenters. The second kappa shape index (κ2) is 4.82. The molecule has 0 aromatic rings. The summed E-state index contributed by atoms with van der Waals surface area (Å²) in [6, 6.07) is 0. The zero-order chi connectivity index (χ0) is 10.7. The van der Waals surface area contributed by atoms with Crippen molar-refractivity contribution in [3.8, 4) is 0 Å². The Morgan fingerprint density at radius 3 is 1.85 bits per heavy atom. The monoisotopic (exact) mass is 220 g/mol. The minimum Gasteiger partial charge on any atom is -0.382 e. The van der Waals surface area contributed by atoms with E-state index in [1.54, 1.807) is 11.8 Å². The Morgan fingerprint density at radius 1 is 1.31 bits per heavy atom. The zero-order valence-electron chi connectivity index (χ0n) is 9.43. The molecule has 0 heterocycles. The summed E-state index contributed by atoms with van der Waals surface area (Å²) in [5, 5.41) is -0.648. The van der Waals surface area contributed by atoms with Crippen molar-refractivity contribution in [3.63, 3.8) is 0 Å². The molecule has 4 heteroatoms. The molecule has 0 aromatic heterocycles. The molecule has 0 aliphatic heterocycles. The van der Waals surface area contributed by atoms with Gasteiger partial charge in [0.15, 0.2) is 8.32 Å². The van der Waals surface area contributed by atoms with Crippen LogP contribution in [-0.4, -0.2) is 19.7 Å². The molecule has 78 valence electrons. The Labute approximate surface area is 87.5 Å². The van der Waals surface area contributed by atoms with Crippen LogP contribution in [0.3, 0.4) is 0 Å². The first kappa shape index (κ1) is 13.5. The predicted molar refractivity (Wildman–Crippen MR) is 61.7 cm³/mol. The molecule has 2 nitrogen and oxygen atoms in total. The van der Waals surface area contributed by atoms with Crippen LogP contribution in [0.25, 0.3) is 0 Å². The Morgan fingerprint density at radius 2 is 1.77 bits per heavy atom. The van der Waals surface area contributed by atoms with Crippen LogP contribution in [0.1, 0.15) is 13.8 Å². The quantitative estimate of drug-likeness (QED) is 0.523. The van der Waals surface area contributed by atoms with Crippen LogP contribution in [0.4, 0.5) is 0 Å². The van der Waals surface area contributed by atoms with Crippen molar-refractivity contribution >= 4 is 20.1 Å². The third-order valence-electron chi connectivity index (χ3n) is 1.51. The lowest BCUT2D eigenvalue weighted by molar-refractivity contribution is -0.0592. The summed E-state index contributed by atoms with van der Waals surface area (Å²) < 4.78 is 11.2. The molecule has 13 heavy (non-hydrogen) atoms. The summed E-state index contributed by atoms with van der Waals surface area (Å²) in [5.41, 5.74) is 0. The second-order valence-electron chi connectivity index (χ2n) is 4.12. The summed E-state index contributed by atoms with van der Waals surface area (Å²) in [4.78, 5) is 0. The van der Waals surface area contributed by atoms with Crippen LogP contribution in [-0.2, 0) is 9.16 Å². The molecule has 2 radical (unpaired) electrons. The lowest BCUT2D eigenvalue weighted by Crippen LogP contribution is -2.44. The fraction of sp³-hybridized carbons (Fsp3) is 0.778. The van der Waals surface area contributed by atoms with E-state index in [0.29, 0.717) is 0 Å². The first-order chi connectivity index (χ1) is 5.77. The third-order valence-corrected chi connectivity index (χ3v) is 3.71. The van der Waals surface area contributed by atoms with Gasteiger partial charge in [-0.25, -0.2) is 0 Å². The molecule has 0 rings (SSSR count). The van der Waals surface area contributed by atoms with Crippen molar-refractivity contribution in [3.05, 3.63) is 13.0 Å². The SMILES string of the molecule is [CH2]OC(O[Si](C)(C)C)(SC)[C](C)C. The van der Waals surface area contributed by atoms with E-state index in [9.17, 15) is 0 Å². The maximum Gasteiger partial charge on any atom is 0.214 e. The van der Waals surface area contributed by atoms with Crippen LogP contribution < -0.4 is 0 Å². The first-order valence-electron chi connectivity index (χ1n) is 4.26. The molecule has 1 unspecified atom stereocenters. The molecule has 0 N–H and O–H groups in total. The normalized spacial score (nSPS) is 17.5. The minimum atomic E-state index is -1.60. The smallest absolute Gasteiger partial charge is 0.214 e. The lowest BCUT2D eigenvalue weighted by atomic mass is 10.2. The number of hydrogen-bond donors (Lipinski definition) is 0. The van der Waals surface area contributed by atoms with E-state index in [1.807, 2.05) is 20.1 Å². The average Bonchev–Trinajstić information content (AvgIpc) is 1.98. The van der Waals surface area contributed by atoms with Crippen molar-refractivity contribution < 1.29 is 9.16 Å². The Balaban J connectivity index is 4.58. The number of hydrogen-bond acceptors (Lipinski definition) is 3. The van der Waals surface area contributed by atoms with Gasteiger partial charge in [0.05, 0.1) is 7.11 Å². The lowest BCUT2D eigenvalue weighted by Gasteiger charge is -2.38. The largest absolute Gasteiger partial charge is 0.382 e. The van der Waals surface area contributed by atoms with Gasteiger partial charge in [-0.05, 0) is 25.9 Å². The molecule has 0 aromatic carbocycles. The average molecular weight is 220 g/mol. The highest BCUT2D eigenvalue weighted by atomic mass is 32.2. The number of ether oxygens (including phenoxy) is 1. The third kappa shape index (κ3) is 4.02.